The summed E-state index contributed by atoms with van der Waals surface area (Å²) in [6.07, 6.45) is -0.185. The number of aliphatic hydroxyl groups excluding tert-OH is 1. The highest BCUT2D eigenvalue weighted by molar-refractivity contribution is 5.82. The van der Waals surface area contributed by atoms with Gasteiger partial charge in [0.05, 0.1) is 27.1 Å². The van der Waals surface area contributed by atoms with Crippen molar-refractivity contribution < 1.29 is 19.5 Å². The summed E-state index contributed by atoms with van der Waals surface area (Å²) >= 11 is 0. The summed E-state index contributed by atoms with van der Waals surface area (Å²) in [5, 5.41) is 18.4. The van der Waals surface area contributed by atoms with Crippen molar-refractivity contribution in [1.82, 2.24) is 0 Å². The number of carboxylic acid groups (broad SMARTS) is 1. The van der Waals surface area contributed by atoms with Crippen LogP contribution in [0.2, 0.25) is 0 Å². The van der Waals surface area contributed by atoms with Crippen molar-refractivity contribution in [2.24, 2.45) is 0 Å². The number of rotatable bonds is 3. The fourth-order valence-electron chi connectivity index (χ4n) is 0.793. The van der Waals surface area contributed by atoms with E-state index < -0.39 is 5.97 Å². The van der Waals surface area contributed by atoms with Gasteiger partial charge in [-0.05, 0) is 19.4 Å². The topological polar surface area (TPSA) is 60.4 Å². The van der Waals surface area contributed by atoms with Gasteiger partial charge in [-0.15, -0.1) is 0 Å². The molecule has 0 radical (unpaired) electrons. The van der Waals surface area contributed by atoms with Gasteiger partial charge in [0.15, 0.2) is 0 Å². The maximum atomic E-state index is 9.49. The van der Waals surface area contributed by atoms with E-state index in [0.717, 1.165) is 11.0 Å². The predicted octanol–water partition coefficient (Wildman–Crippen LogP) is -0.614. The minimum Gasteiger partial charge on any atom is -0.545 e. The number of carbonyl (C=O) groups excluding carboxylic acids is 1. The molecule has 0 aromatic heterocycles. The Balaban J connectivity index is 0. The first-order valence-corrected chi connectivity index (χ1v) is 4.41. The number of nitrogens with zero attached hydrogens (tertiary/aromatic N) is 1. The van der Waals surface area contributed by atoms with Gasteiger partial charge < -0.3 is 19.5 Å². The molecule has 1 atom stereocenters. The highest BCUT2D eigenvalue weighted by Crippen LogP contribution is 1.92. The van der Waals surface area contributed by atoms with Crippen molar-refractivity contribution in [3.05, 3.63) is 12.2 Å². The van der Waals surface area contributed by atoms with Crippen LogP contribution >= 0.6 is 0 Å². The maximum absolute atomic E-state index is 9.49. The largest absolute Gasteiger partial charge is 0.545 e. The van der Waals surface area contributed by atoms with Crippen molar-refractivity contribution in [1.29, 1.82) is 0 Å². The van der Waals surface area contributed by atoms with Gasteiger partial charge in [0.25, 0.3) is 0 Å². The fourth-order valence-corrected chi connectivity index (χ4v) is 0.793. The van der Waals surface area contributed by atoms with E-state index in [0.29, 0.717) is 0 Å². The Morgan fingerprint density at radius 1 is 1.50 bits per heavy atom. The van der Waals surface area contributed by atoms with Crippen LogP contribution < -0.4 is 5.11 Å². The van der Waals surface area contributed by atoms with E-state index in [1.807, 2.05) is 6.92 Å². The van der Waals surface area contributed by atoms with E-state index in [9.17, 15) is 9.90 Å². The smallest absolute Gasteiger partial charge is 0.104 e. The van der Waals surface area contributed by atoms with Crippen LogP contribution in [0.3, 0.4) is 0 Å². The molecule has 0 amide bonds. The van der Waals surface area contributed by atoms with Gasteiger partial charge in [0.2, 0.25) is 0 Å². The van der Waals surface area contributed by atoms with Crippen LogP contribution in [0.4, 0.5) is 0 Å². The second-order valence-corrected chi connectivity index (χ2v) is 4.39. The molecule has 0 aliphatic heterocycles. The zero-order chi connectivity index (χ0) is 11.9. The second-order valence-electron chi connectivity index (χ2n) is 4.39. The summed E-state index contributed by atoms with van der Waals surface area (Å²) in [6.45, 7) is 7.11. The lowest BCUT2D eigenvalue weighted by Crippen LogP contribution is -2.40. The molecule has 14 heavy (non-hydrogen) atoms. The highest BCUT2D eigenvalue weighted by Gasteiger charge is 2.09. The van der Waals surface area contributed by atoms with Gasteiger partial charge in [0, 0.05) is 0 Å². The number of carbonyl (C=O) groups is 1. The van der Waals surface area contributed by atoms with E-state index in [1.165, 1.54) is 6.92 Å². The monoisotopic (exact) mass is 203 g/mol. The molecule has 1 unspecified atom stereocenters. The molecule has 0 fully saturated rings. The zero-order valence-electron chi connectivity index (χ0n) is 9.70. The minimum absolute atomic E-state index is 0.0648. The minimum atomic E-state index is -1.19. The van der Waals surface area contributed by atoms with Gasteiger partial charge in [0.1, 0.15) is 12.6 Å². The summed E-state index contributed by atoms with van der Waals surface area (Å²) in [6, 6.07) is 0. The van der Waals surface area contributed by atoms with E-state index in [4.69, 9.17) is 5.11 Å². The first kappa shape index (κ1) is 15.6. The molecule has 0 saturated carbocycles. The summed E-state index contributed by atoms with van der Waals surface area (Å²) in [7, 11) is 6.19. The summed E-state index contributed by atoms with van der Waals surface area (Å²) in [5.41, 5.74) is 0.0648. The van der Waals surface area contributed by atoms with E-state index in [1.54, 1.807) is 0 Å². The number of aliphatic carboxylic acids is 1. The molecular formula is C10H21NO3. The molecular weight excluding hydrogens is 182 g/mol. The van der Waals surface area contributed by atoms with Crippen molar-refractivity contribution in [3.63, 3.8) is 0 Å². The standard InChI is InChI=1S/C6H16NO.C4H6O2/c1-6(8)5-7(2,3)4;1-3(2)4(5)6/h6,8H,5H2,1-4H3;1H2,2H3,(H,5,6)/q+1;/p-1. The molecule has 0 aliphatic carbocycles. The third kappa shape index (κ3) is 17.3. The molecule has 0 aromatic rings. The number of quaternary nitrogens is 1. The van der Waals surface area contributed by atoms with Gasteiger partial charge >= 0.3 is 0 Å². The van der Waals surface area contributed by atoms with Crippen LogP contribution in [0.1, 0.15) is 13.8 Å². The van der Waals surface area contributed by atoms with E-state index in [-0.39, 0.29) is 11.7 Å². The summed E-state index contributed by atoms with van der Waals surface area (Å²) in [5.74, 6) is -1.19. The van der Waals surface area contributed by atoms with E-state index >= 15 is 0 Å². The Hall–Kier alpha value is -0.870. The molecule has 0 saturated heterocycles. The average molecular weight is 203 g/mol. The molecule has 1 N–H and O–H groups in total. The first-order valence-electron chi connectivity index (χ1n) is 4.41. The normalized spacial score (nSPS) is 12.4. The quantitative estimate of drug-likeness (QED) is 0.491. The molecule has 0 aromatic carbocycles. The Morgan fingerprint density at radius 3 is 1.79 bits per heavy atom. The summed E-state index contributed by atoms with van der Waals surface area (Å²) < 4.78 is 0.831. The lowest BCUT2D eigenvalue weighted by molar-refractivity contribution is -0.873. The maximum Gasteiger partial charge on any atom is 0.104 e. The summed E-state index contributed by atoms with van der Waals surface area (Å²) in [4.78, 5) is 9.49. The third-order valence-corrected chi connectivity index (χ3v) is 1.16. The van der Waals surface area contributed by atoms with Crippen molar-refractivity contribution >= 4 is 5.97 Å². The van der Waals surface area contributed by atoms with Crippen LogP contribution in [0.15, 0.2) is 12.2 Å². The molecule has 0 heterocycles. The number of likely N-dealkylation sites (N-methyl/N-ethyl adjacent to an activating group) is 1. The Morgan fingerprint density at radius 2 is 1.79 bits per heavy atom. The lowest BCUT2D eigenvalue weighted by atomic mass is 10.3. The van der Waals surface area contributed by atoms with Gasteiger partial charge in [-0.1, -0.05) is 6.58 Å². The number of aliphatic hydroxyl groups is 1. The Bertz CT molecular complexity index is 180. The number of carboxylic acids is 1. The SMILES string of the molecule is C=C(C)C(=O)[O-].CC(O)C[N+](C)(C)C. The van der Waals surface area contributed by atoms with Crippen LogP contribution in [-0.4, -0.2) is 49.4 Å². The molecule has 0 bridgehead atoms. The highest BCUT2D eigenvalue weighted by atomic mass is 16.4. The lowest BCUT2D eigenvalue weighted by Gasteiger charge is -2.24. The van der Waals surface area contributed by atoms with Crippen LogP contribution in [0.5, 0.6) is 0 Å². The van der Waals surface area contributed by atoms with E-state index in [2.05, 4.69) is 27.7 Å². The third-order valence-electron chi connectivity index (χ3n) is 1.16. The Kier molecular flexibility index (Phi) is 7.31. The number of hydrogen-bond acceptors (Lipinski definition) is 3. The van der Waals surface area contributed by atoms with Crippen LogP contribution in [-0.2, 0) is 4.79 Å². The van der Waals surface area contributed by atoms with Gasteiger partial charge in [-0.2, -0.15) is 0 Å². The van der Waals surface area contributed by atoms with Crippen LogP contribution in [0, 0.1) is 0 Å². The van der Waals surface area contributed by atoms with Gasteiger partial charge in [-0.3, -0.25) is 0 Å². The number of hydrogen-bond donors (Lipinski definition) is 1. The molecule has 4 nitrogen and oxygen atoms in total. The average Bonchev–Trinajstić information content (AvgIpc) is 1.81. The molecule has 0 spiro atoms. The zero-order valence-corrected chi connectivity index (χ0v) is 9.70. The first-order chi connectivity index (χ1) is 6.06. The molecule has 0 aliphatic rings. The molecule has 84 valence electrons. The van der Waals surface area contributed by atoms with Crippen molar-refractivity contribution in [2.45, 2.75) is 20.0 Å². The van der Waals surface area contributed by atoms with Crippen LogP contribution in [0.25, 0.3) is 0 Å². The fraction of sp³-hybridized carbons (Fsp3) is 0.700. The van der Waals surface area contributed by atoms with Gasteiger partial charge in [-0.25, -0.2) is 0 Å². The molecule has 0 rings (SSSR count). The van der Waals surface area contributed by atoms with Crippen molar-refractivity contribution in [3.8, 4) is 0 Å². The second kappa shape index (κ2) is 6.56. The predicted molar refractivity (Wildman–Crippen MR) is 54.4 cm³/mol. The molecule has 4 heteroatoms. The Labute approximate surface area is 86.1 Å². The van der Waals surface area contributed by atoms with Crippen molar-refractivity contribution in [2.75, 3.05) is 27.7 Å².